The molecule has 0 aliphatic carbocycles. The van der Waals surface area contributed by atoms with Crippen molar-refractivity contribution in [2.75, 3.05) is 25.4 Å². The largest absolute Gasteiger partial charge is 0.341 e. The lowest BCUT2D eigenvalue weighted by atomic mass is 10.0. The van der Waals surface area contributed by atoms with Crippen molar-refractivity contribution in [3.05, 3.63) is 0 Å². The minimum absolute atomic E-state index is 0. The minimum Gasteiger partial charge on any atom is -0.341 e. The Kier molecular flexibility index (Phi) is 8.10. The molecule has 6 nitrogen and oxygen atoms in total. The zero-order valence-electron chi connectivity index (χ0n) is 13.2. The van der Waals surface area contributed by atoms with Crippen LogP contribution in [0.5, 0.6) is 0 Å². The van der Waals surface area contributed by atoms with E-state index in [1.807, 2.05) is 11.8 Å². The van der Waals surface area contributed by atoms with E-state index in [-0.39, 0.29) is 36.2 Å². The quantitative estimate of drug-likeness (QED) is 0.768. The zero-order valence-corrected chi connectivity index (χ0v) is 14.8. The summed E-state index contributed by atoms with van der Waals surface area (Å²) in [4.78, 5) is 14.3. The molecule has 0 aromatic carbocycles. The van der Waals surface area contributed by atoms with Crippen LogP contribution in [0.4, 0.5) is 0 Å². The average Bonchev–Trinajstić information content (AvgIpc) is 2.48. The molecule has 1 atom stereocenters. The number of rotatable bonds is 5. The summed E-state index contributed by atoms with van der Waals surface area (Å²) in [5.74, 6) is 0.363. The fourth-order valence-corrected chi connectivity index (χ4v) is 4.48. The molecule has 2 aliphatic rings. The number of nitrogens with one attached hydrogen (secondary N) is 2. The lowest BCUT2D eigenvalue weighted by molar-refractivity contribution is -0.135. The second-order valence-electron chi connectivity index (χ2n) is 6.04. The molecule has 0 aromatic heterocycles. The van der Waals surface area contributed by atoms with Gasteiger partial charge in [-0.05, 0) is 38.6 Å². The number of likely N-dealkylation sites (tertiary alicyclic amines) is 1. The fourth-order valence-electron chi connectivity index (χ4n) is 3.08. The molecule has 0 bridgehead atoms. The second-order valence-corrected chi connectivity index (χ2v) is 7.91. The van der Waals surface area contributed by atoms with Crippen molar-refractivity contribution in [3.8, 4) is 0 Å². The van der Waals surface area contributed by atoms with Gasteiger partial charge in [-0.3, -0.25) is 4.79 Å². The number of carbonyl (C=O) groups excluding carboxylic acids is 1. The number of hydrogen-bond acceptors (Lipinski definition) is 4. The summed E-state index contributed by atoms with van der Waals surface area (Å²) in [5, 5.41) is 3.28. The van der Waals surface area contributed by atoms with Crippen LogP contribution in [0.1, 0.15) is 45.4 Å². The molecular weight excluding hydrogens is 326 g/mol. The van der Waals surface area contributed by atoms with E-state index in [0.717, 1.165) is 25.8 Å². The topological polar surface area (TPSA) is 78.5 Å². The van der Waals surface area contributed by atoms with Gasteiger partial charge >= 0.3 is 0 Å². The summed E-state index contributed by atoms with van der Waals surface area (Å²) in [5.41, 5.74) is 0. The SMILES string of the molecule is CCCS(=O)(=O)NC1CCN(C(=O)C2CCCCN2)CC1.Cl. The molecule has 0 aromatic rings. The van der Waals surface area contributed by atoms with Crippen LogP contribution in [0.3, 0.4) is 0 Å². The van der Waals surface area contributed by atoms with Crippen molar-refractivity contribution in [1.29, 1.82) is 0 Å². The molecule has 0 saturated carbocycles. The highest BCUT2D eigenvalue weighted by Gasteiger charge is 2.30. The molecular formula is C14H28ClN3O3S. The summed E-state index contributed by atoms with van der Waals surface area (Å²) in [6, 6.07) is -0.0583. The molecule has 22 heavy (non-hydrogen) atoms. The van der Waals surface area contributed by atoms with Crippen molar-refractivity contribution in [1.82, 2.24) is 14.9 Å². The van der Waals surface area contributed by atoms with Crippen LogP contribution in [0.15, 0.2) is 0 Å². The van der Waals surface area contributed by atoms with E-state index in [0.29, 0.717) is 32.4 Å². The number of amides is 1. The Morgan fingerprint density at radius 3 is 2.45 bits per heavy atom. The Bertz CT molecular complexity index is 444. The van der Waals surface area contributed by atoms with E-state index >= 15 is 0 Å². The van der Waals surface area contributed by atoms with Crippen molar-refractivity contribution in [2.24, 2.45) is 0 Å². The highest BCUT2D eigenvalue weighted by atomic mass is 35.5. The fraction of sp³-hybridized carbons (Fsp3) is 0.929. The standard InChI is InChI=1S/C14H27N3O3S.ClH/c1-2-11-21(19,20)16-12-6-9-17(10-7-12)14(18)13-5-3-4-8-15-13;/h12-13,15-16H,2-11H2,1H3;1H. The number of sulfonamides is 1. The van der Waals surface area contributed by atoms with Gasteiger partial charge in [0.2, 0.25) is 15.9 Å². The van der Waals surface area contributed by atoms with Gasteiger partial charge in [-0.1, -0.05) is 13.3 Å². The summed E-state index contributed by atoms with van der Waals surface area (Å²) < 4.78 is 26.3. The highest BCUT2D eigenvalue weighted by molar-refractivity contribution is 7.89. The minimum atomic E-state index is -3.16. The number of piperidine rings is 2. The van der Waals surface area contributed by atoms with E-state index < -0.39 is 10.0 Å². The maximum Gasteiger partial charge on any atom is 0.239 e. The lowest BCUT2D eigenvalue weighted by Crippen LogP contribution is -2.53. The molecule has 2 N–H and O–H groups in total. The molecule has 8 heteroatoms. The van der Waals surface area contributed by atoms with Gasteiger partial charge in [0.15, 0.2) is 0 Å². The first-order chi connectivity index (χ1) is 10.0. The van der Waals surface area contributed by atoms with Gasteiger partial charge in [-0.15, -0.1) is 12.4 Å². The Hall–Kier alpha value is -0.370. The van der Waals surface area contributed by atoms with Crippen molar-refractivity contribution in [2.45, 2.75) is 57.5 Å². The third-order valence-electron chi connectivity index (χ3n) is 4.23. The molecule has 130 valence electrons. The number of hydrogen-bond donors (Lipinski definition) is 2. The highest BCUT2D eigenvalue weighted by Crippen LogP contribution is 2.16. The maximum absolute atomic E-state index is 12.4. The Labute approximate surface area is 139 Å². The van der Waals surface area contributed by atoms with Gasteiger partial charge in [-0.25, -0.2) is 13.1 Å². The van der Waals surface area contributed by atoms with Crippen LogP contribution in [0, 0.1) is 0 Å². The van der Waals surface area contributed by atoms with Crippen LogP contribution >= 0.6 is 12.4 Å². The van der Waals surface area contributed by atoms with E-state index in [2.05, 4.69) is 10.0 Å². The Morgan fingerprint density at radius 1 is 1.23 bits per heavy atom. The smallest absolute Gasteiger partial charge is 0.239 e. The Balaban J connectivity index is 0.00000242. The summed E-state index contributed by atoms with van der Waals surface area (Å²) >= 11 is 0. The molecule has 2 saturated heterocycles. The van der Waals surface area contributed by atoms with Crippen LogP contribution in [-0.4, -0.2) is 56.7 Å². The molecule has 1 unspecified atom stereocenters. The van der Waals surface area contributed by atoms with Gasteiger partial charge in [0, 0.05) is 19.1 Å². The normalized spacial score (nSPS) is 23.9. The van der Waals surface area contributed by atoms with Crippen LogP contribution in [0.25, 0.3) is 0 Å². The predicted molar refractivity (Wildman–Crippen MR) is 89.7 cm³/mol. The summed E-state index contributed by atoms with van der Waals surface area (Å²) in [7, 11) is -3.16. The van der Waals surface area contributed by atoms with Gasteiger partial charge in [0.25, 0.3) is 0 Å². The van der Waals surface area contributed by atoms with Gasteiger partial charge in [0.1, 0.15) is 0 Å². The monoisotopic (exact) mass is 353 g/mol. The van der Waals surface area contributed by atoms with E-state index in [1.54, 1.807) is 0 Å². The zero-order chi connectivity index (χ0) is 15.3. The summed E-state index contributed by atoms with van der Waals surface area (Å²) in [6.07, 6.45) is 5.21. The van der Waals surface area contributed by atoms with E-state index in [1.165, 1.54) is 0 Å². The van der Waals surface area contributed by atoms with Gasteiger partial charge in [0.05, 0.1) is 11.8 Å². The molecule has 2 rings (SSSR count). The molecule has 1 amide bonds. The first-order valence-corrected chi connectivity index (χ1v) is 9.69. The molecule has 2 aliphatic heterocycles. The van der Waals surface area contributed by atoms with Crippen molar-refractivity contribution >= 4 is 28.3 Å². The van der Waals surface area contributed by atoms with E-state index in [9.17, 15) is 13.2 Å². The molecule has 0 radical (unpaired) electrons. The van der Waals surface area contributed by atoms with Crippen molar-refractivity contribution in [3.63, 3.8) is 0 Å². The predicted octanol–water partition coefficient (Wildman–Crippen LogP) is 0.871. The second kappa shape index (κ2) is 9.05. The molecule has 2 heterocycles. The third kappa shape index (κ3) is 5.68. The molecule has 2 fully saturated rings. The van der Waals surface area contributed by atoms with Crippen LogP contribution in [-0.2, 0) is 14.8 Å². The lowest BCUT2D eigenvalue weighted by Gasteiger charge is -2.35. The first-order valence-electron chi connectivity index (χ1n) is 8.04. The van der Waals surface area contributed by atoms with Crippen molar-refractivity contribution < 1.29 is 13.2 Å². The maximum atomic E-state index is 12.4. The number of carbonyl (C=O) groups is 1. The van der Waals surface area contributed by atoms with Gasteiger partial charge in [-0.2, -0.15) is 0 Å². The number of nitrogens with zero attached hydrogens (tertiary/aromatic N) is 1. The van der Waals surface area contributed by atoms with Crippen LogP contribution in [0.2, 0.25) is 0 Å². The molecule has 0 spiro atoms. The third-order valence-corrected chi connectivity index (χ3v) is 5.87. The Morgan fingerprint density at radius 2 is 1.91 bits per heavy atom. The van der Waals surface area contributed by atoms with Gasteiger partial charge < -0.3 is 10.2 Å². The van der Waals surface area contributed by atoms with E-state index in [4.69, 9.17) is 0 Å². The van der Waals surface area contributed by atoms with Crippen LogP contribution < -0.4 is 10.0 Å². The first kappa shape index (κ1) is 19.7. The average molecular weight is 354 g/mol. The number of halogens is 1. The summed E-state index contributed by atoms with van der Waals surface area (Å²) in [6.45, 7) is 4.08.